The molecule has 0 spiro atoms. The van der Waals surface area contributed by atoms with Gasteiger partial charge < -0.3 is 5.32 Å². The molecule has 0 saturated heterocycles. The molecule has 0 bridgehead atoms. The van der Waals surface area contributed by atoms with E-state index in [0.29, 0.717) is 23.0 Å². The lowest BCUT2D eigenvalue weighted by Crippen LogP contribution is -2.30. The van der Waals surface area contributed by atoms with Gasteiger partial charge in [-0.3, -0.25) is 14.9 Å². The first kappa shape index (κ1) is 28.8. The third kappa shape index (κ3) is 8.09. The molecule has 9 nitrogen and oxygen atoms in total. The summed E-state index contributed by atoms with van der Waals surface area (Å²) in [5.41, 5.74) is 2.29. The lowest BCUT2D eigenvalue weighted by Gasteiger charge is -2.18. The van der Waals surface area contributed by atoms with Crippen molar-refractivity contribution in [1.29, 1.82) is 0 Å². The molecular formula is C25H31N5O4S3. The molecule has 0 atom stereocenters. The van der Waals surface area contributed by atoms with Crippen molar-refractivity contribution in [3.63, 3.8) is 0 Å². The Morgan fingerprint density at radius 1 is 0.946 bits per heavy atom. The van der Waals surface area contributed by atoms with E-state index in [4.69, 9.17) is 0 Å². The van der Waals surface area contributed by atoms with Crippen molar-refractivity contribution in [3.05, 3.63) is 59.7 Å². The molecule has 0 fully saturated rings. The molecule has 37 heavy (non-hydrogen) atoms. The summed E-state index contributed by atoms with van der Waals surface area (Å²) in [7, 11) is -3.59. The van der Waals surface area contributed by atoms with Crippen molar-refractivity contribution in [1.82, 2.24) is 14.5 Å². The predicted molar refractivity (Wildman–Crippen MR) is 149 cm³/mol. The molecule has 198 valence electrons. The number of unbranched alkanes of at least 4 members (excludes halogenated alkanes) is 1. The highest BCUT2D eigenvalue weighted by Crippen LogP contribution is 2.26. The topological polar surface area (TPSA) is 121 Å². The largest absolute Gasteiger partial charge is 0.325 e. The van der Waals surface area contributed by atoms with Crippen LogP contribution in [0.1, 0.15) is 49.5 Å². The molecule has 0 saturated carbocycles. The fraction of sp³-hybridized carbons (Fsp3) is 0.360. The summed E-state index contributed by atoms with van der Waals surface area (Å²) in [4.78, 5) is 25.0. The number of aryl methyl sites for hydroxylation is 1. The maximum Gasteiger partial charge on any atom is 0.257 e. The highest BCUT2D eigenvalue weighted by molar-refractivity contribution is 8.01. The van der Waals surface area contributed by atoms with Crippen molar-refractivity contribution in [3.8, 4) is 0 Å². The van der Waals surface area contributed by atoms with E-state index in [1.807, 2.05) is 24.3 Å². The number of nitrogens with one attached hydrogen (secondary N) is 2. The predicted octanol–water partition coefficient (Wildman–Crippen LogP) is 4.89. The van der Waals surface area contributed by atoms with Gasteiger partial charge in [0.25, 0.3) is 5.91 Å². The summed E-state index contributed by atoms with van der Waals surface area (Å²) in [5.74, 6) is -0.436. The second-order valence-corrected chi connectivity index (χ2v) is 12.2. The zero-order valence-corrected chi connectivity index (χ0v) is 23.5. The second kappa shape index (κ2) is 13.7. The van der Waals surface area contributed by atoms with Gasteiger partial charge in [0.2, 0.25) is 21.1 Å². The molecule has 3 rings (SSSR count). The SMILES string of the molecule is CCCCc1ccc(NC(=O)CSc2nnc(NC(=O)c3ccc(S(=O)(=O)N(CC)CC)cc3)s2)cc1. The Bertz CT molecular complexity index is 1290. The van der Waals surface area contributed by atoms with Gasteiger partial charge >= 0.3 is 0 Å². The van der Waals surface area contributed by atoms with E-state index in [0.717, 1.165) is 36.3 Å². The minimum Gasteiger partial charge on any atom is -0.325 e. The van der Waals surface area contributed by atoms with Crippen LogP contribution < -0.4 is 10.6 Å². The van der Waals surface area contributed by atoms with Gasteiger partial charge in [0.1, 0.15) is 0 Å². The second-order valence-electron chi connectivity index (χ2n) is 8.08. The lowest BCUT2D eigenvalue weighted by atomic mass is 10.1. The Kier molecular flexibility index (Phi) is 10.6. The summed E-state index contributed by atoms with van der Waals surface area (Å²) in [6, 6.07) is 13.6. The van der Waals surface area contributed by atoms with Crippen LogP contribution in [0.25, 0.3) is 0 Å². The van der Waals surface area contributed by atoms with E-state index in [9.17, 15) is 18.0 Å². The number of amides is 2. The van der Waals surface area contributed by atoms with Gasteiger partial charge in [-0.15, -0.1) is 10.2 Å². The summed E-state index contributed by atoms with van der Waals surface area (Å²) in [6.07, 6.45) is 3.31. The third-order valence-corrected chi connectivity index (χ3v) is 9.51. The fourth-order valence-electron chi connectivity index (χ4n) is 3.44. The Morgan fingerprint density at radius 2 is 1.62 bits per heavy atom. The van der Waals surface area contributed by atoms with Crippen LogP contribution in [0.15, 0.2) is 57.8 Å². The van der Waals surface area contributed by atoms with Crippen molar-refractivity contribution in [2.75, 3.05) is 29.5 Å². The van der Waals surface area contributed by atoms with Gasteiger partial charge in [0.05, 0.1) is 10.6 Å². The Hall–Kier alpha value is -2.80. The molecule has 2 N–H and O–H groups in total. The van der Waals surface area contributed by atoms with Crippen LogP contribution in [0.5, 0.6) is 0 Å². The molecule has 1 aromatic heterocycles. The number of aromatic nitrogens is 2. The highest BCUT2D eigenvalue weighted by atomic mass is 32.2. The minimum absolute atomic E-state index is 0.132. The molecule has 3 aromatic rings. The van der Waals surface area contributed by atoms with E-state index in [1.165, 1.54) is 45.9 Å². The maximum atomic E-state index is 12.6. The average Bonchev–Trinajstić information content (AvgIpc) is 3.35. The van der Waals surface area contributed by atoms with E-state index in [2.05, 4.69) is 27.8 Å². The quantitative estimate of drug-likeness (QED) is 0.225. The van der Waals surface area contributed by atoms with Gasteiger partial charge in [0, 0.05) is 24.3 Å². The summed E-state index contributed by atoms with van der Waals surface area (Å²) in [6.45, 7) is 6.44. The van der Waals surface area contributed by atoms with E-state index in [1.54, 1.807) is 13.8 Å². The molecule has 0 aliphatic rings. The molecule has 1 heterocycles. The first-order chi connectivity index (χ1) is 17.8. The highest BCUT2D eigenvalue weighted by Gasteiger charge is 2.22. The standard InChI is InChI=1S/C25H31N5O4S3/c1-4-7-8-18-9-13-20(14-10-18)26-22(31)17-35-25-29-28-24(36-25)27-23(32)19-11-15-21(16-12-19)37(33,34)30(5-2)6-3/h9-16H,4-8,17H2,1-3H3,(H,26,31)(H,27,28,32). The van der Waals surface area contributed by atoms with E-state index >= 15 is 0 Å². The number of benzene rings is 2. The minimum atomic E-state index is -3.59. The van der Waals surface area contributed by atoms with Crippen LogP contribution in [-0.2, 0) is 21.2 Å². The summed E-state index contributed by atoms with van der Waals surface area (Å²) >= 11 is 2.38. The molecule has 12 heteroatoms. The van der Waals surface area contributed by atoms with Crippen LogP contribution in [-0.4, -0.2) is 53.6 Å². The van der Waals surface area contributed by atoms with Gasteiger partial charge in [-0.25, -0.2) is 8.42 Å². The van der Waals surface area contributed by atoms with Crippen molar-refractivity contribution in [2.24, 2.45) is 0 Å². The first-order valence-corrected chi connectivity index (χ1v) is 15.3. The molecule has 0 aliphatic heterocycles. The van der Waals surface area contributed by atoms with Gasteiger partial charge in [-0.05, 0) is 54.8 Å². The first-order valence-electron chi connectivity index (χ1n) is 12.0. The summed E-state index contributed by atoms with van der Waals surface area (Å²) in [5, 5.41) is 13.8. The molecule has 2 amide bonds. The monoisotopic (exact) mass is 561 g/mol. The van der Waals surface area contributed by atoms with Gasteiger partial charge in [0.15, 0.2) is 4.34 Å². The van der Waals surface area contributed by atoms with Crippen LogP contribution in [0, 0.1) is 0 Å². The molecule has 0 radical (unpaired) electrons. The van der Waals surface area contributed by atoms with Crippen LogP contribution >= 0.6 is 23.1 Å². The summed E-state index contributed by atoms with van der Waals surface area (Å²) < 4.78 is 27.1. The smallest absolute Gasteiger partial charge is 0.257 e. The normalized spacial score (nSPS) is 11.5. The number of carbonyl (C=O) groups excluding carboxylic acids is 2. The van der Waals surface area contributed by atoms with Crippen molar-refractivity contribution < 1.29 is 18.0 Å². The van der Waals surface area contributed by atoms with E-state index in [-0.39, 0.29) is 21.7 Å². The molecule has 0 aliphatic carbocycles. The Morgan fingerprint density at radius 3 is 2.24 bits per heavy atom. The number of nitrogens with zero attached hydrogens (tertiary/aromatic N) is 3. The van der Waals surface area contributed by atoms with Crippen molar-refractivity contribution >= 4 is 55.8 Å². The van der Waals surface area contributed by atoms with Gasteiger partial charge in [-0.1, -0.05) is 62.4 Å². The zero-order valence-electron chi connectivity index (χ0n) is 21.1. The zero-order chi connectivity index (χ0) is 26.8. The number of thioether (sulfide) groups is 1. The Balaban J connectivity index is 1.50. The van der Waals surface area contributed by atoms with Crippen molar-refractivity contribution in [2.45, 2.75) is 49.3 Å². The average molecular weight is 562 g/mol. The number of hydrogen-bond acceptors (Lipinski definition) is 8. The van der Waals surface area contributed by atoms with Crippen LogP contribution in [0.2, 0.25) is 0 Å². The number of rotatable bonds is 13. The molecular weight excluding hydrogens is 531 g/mol. The third-order valence-electron chi connectivity index (χ3n) is 5.47. The molecule has 2 aromatic carbocycles. The number of sulfonamides is 1. The van der Waals surface area contributed by atoms with Crippen LogP contribution in [0.3, 0.4) is 0 Å². The number of hydrogen-bond donors (Lipinski definition) is 2. The van der Waals surface area contributed by atoms with Gasteiger partial charge in [-0.2, -0.15) is 4.31 Å². The lowest BCUT2D eigenvalue weighted by molar-refractivity contribution is -0.113. The number of carbonyl (C=O) groups is 2. The van der Waals surface area contributed by atoms with Crippen LogP contribution in [0.4, 0.5) is 10.8 Å². The molecule has 0 unspecified atom stereocenters. The van der Waals surface area contributed by atoms with E-state index < -0.39 is 15.9 Å². The Labute approximate surface area is 226 Å². The maximum absolute atomic E-state index is 12.6. The fourth-order valence-corrected chi connectivity index (χ4v) is 6.44. The number of anilines is 2.